The van der Waals surface area contributed by atoms with Gasteiger partial charge >= 0.3 is 0 Å². The summed E-state index contributed by atoms with van der Waals surface area (Å²) in [6, 6.07) is 7.64. The largest absolute Gasteiger partial charge is 0.493 e. The molecule has 1 amide bonds. The van der Waals surface area contributed by atoms with Crippen LogP contribution in [0.3, 0.4) is 0 Å². The summed E-state index contributed by atoms with van der Waals surface area (Å²) in [6.45, 7) is 2.23. The van der Waals surface area contributed by atoms with E-state index in [4.69, 9.17) is 9.47 Å². The van der Waals surface area contributed by atoms with Gasteiger partial charge in [0, 0.05) is 6.04 Å². The Morgan fingerprint density at radius 1 is 1.25 bits per heavy atom. The molecule has 0 unspecified atom stereocenters. The number of hydrogen-bond acceptors (Lipinski definition) is 3. The third kappa shape index (κ3) is 3.89. The van der Waals surface area contributed by atoms with Crippen LogP contribution in [0.15, 0.2) is 24.3 Å². The van der Waals surface area contributed by atoms with E-state index < -0.39 is 0 Å². The Morgan fingerprint density at radius 2 is 1.95 bits per heavy atom. The number of nitrogens with one attached hydrogen (secondary N) is 1. The molecule has 2 atom stereocenters. The Balaban J connectivity index is 1.82. The highest BCUT2D eigenvalue weighted by atomic mass is 16.5. The molecule has 110 valence electrons. The molecule has 20 heavy (non-hydrogen) atoms. The topological polar surface area (TPSA) is 47.6 Å². The summed E-state index contributed by atoms with van der Waals surface area (Å²) in [5.74, 6) is 1.74. The Morgan fingerprint density at radius 3 is 2.65 bits per heavy atom. The average molecular weight is 277 g/mol. The summed E-state index contributed by atoms with van der Waals surface area (Å²) in [4.78, 5) is 12.0. The van der Waals surface area contributed by atoms with E-state index in [1.54, 1.807) is 13.2 Å². The van der Waals surface area contributed by atoms with Crippen LogP contribution in [0.1, 0.15) is 32.6 Å². The molecule has 1 aromatic rings. The quantitative estimate of drug-likeness (QED) is 0.900. The van der Waals surface area contributed by atoms with Crippen molar-refractivity contribution in [2.45, 2.75) is 38.6 Å². The minimum Gasteiger partial charge on any atom is -0.493 e. The second-order valence-corrected chi connectivity index (χ2v) is 5.38. The molecule has 0 heterocycles. The van der Waals surface area contributed by atoms with Gasteiger partial charge in [-0.1, -0.05) is 31.9 Å². The van der Waals surface area contributed by atoms with Gasteiger partial charge in [-0.05, 0) is 30.9 Å². The molecular formula is C16H23NO3. The zero-order valence-electron chi connectivity index (χ0n) is 12.2. The fourth-order valence-electron chi connectivity index (χ4n) is 2.66. The van der Waals surface area contributed by atoms with Gasteiger partial charge in [0.05, 0.1) is 7.11 Å². The van der Waals surface area contributed by atoms with Gasteiger partial charge in [0.2, 0.25) is 0 Å². The average Bonchev–Trinajstić information content (AvgIpc) is 2.48. The van der Waals surface area contributed by atoms with Crippen molar-refractivity contribution in [3.63, 3.8) is 0 Å². The van der Waals surface area contributed by atoms with Crippen molar-refractivity contribution in [2.75, 3.05) is 13.7 Å². The number of ether oxygens (including phenoxy) is 2. The molecule has 1 N–H and O–H groups in total. The number of hydrogen-bond donors (Lipinski definition) is 1. The maximum atomic E-state index is 12.0. The van der Waals surface area contributed by atoms with Gasteiger partial charge in [-0.25, -0.2) is 0 Å². The van der Waals surface area contributed by atoms with Gasteiger partial charge in [0.15, 0.2) is 18.1 Å². The minimum absolute atomic E-state index is 0.0313. The molecule has 1 aliphatic carbocycles. The first-order chi connectivity index (χ1) is 9.70. The standard InChI is InChI=1S/C16H23NO3/c1-12-7-3-4-8-13(12)17-16(18)11-20-15-10-6-5-9-14(15)19-2/h5-6,9-10,12-13H,3-4,7-8,11H2,1-2H3,(H,17,18)/t12-,13-/m0/s1. The molecule has 4 heteroatoms. The van der Waals surface area contributed by atoms with E-state index in [0.29, 0.717) is 17.4 Å². The van der Waals surface area contributed by atoms with Crippen LogP contribution in [0.2, 0.25) is 0 Å². The van der Waals surface area contributed by atoms with Crippen LogP contribution in [-0.2, 0) is 4.79 Å². The molecule has 0 aromatic heterocycles. The van der Waals surface area contributed by atoms with Crippen LogP contribution in [-0.4, -0.2) is 25.7 Å². The number of methoxy groups -OCH3 is 1. The zero-order valence-corrected chi connectivity index (χ0v) is 12.2. The SMILES string of the molecule is COc1ccccc1OCC(=O)N[C@H]1CCCC[C@@H]1C. The predicted molar refractivity (Wildman–Crippen MR) is 78.1 cm³/mol. The highest BCUT2D eigenvalue weighted by molar-refractivity contribution is 5.78. The monoisotopic (exact) mass is 277 g/mol. The maximum absolute atomic E-state index is 12.0. The van der Waals surface area contributed by atoms with Crippen molar-refractivity contribution in [3.8, 4) is 11.5 Å². The smallest absolute Gasteiger partial charge is 0.258 e. The Labute approximate surface area is 120 Å². The summed E-state index contributed by atoms with van der Waals surface area (Å²) in [5, 5.41) is 3.07. The molecule has 1 aromatic carbocycles. The first-order valence-electron chi connectivity index (χ1n) is 7.26. The van der Waals surface area contributed by atoms with Crippen LogP contribution in [0, 0.1) is 5.92 Å². The molecule has 0 aliphatic heterocycles. The molecule has 1 fully saturated rings. The lowest BCUT2D eigenvalue weighted by molar-refractivity contribution is -0.124. The molecule has 0 saturated heterocycles. The normalized spacial score (nSPS) is 22.1. The van der Waals surface area contributed by atoms with E-state index >= 15 is 0 Å². The van der Waals surface area contributed by atoms with Crippen molar-refractivity contribution in [2.24, 2.45) is 5.92 Å². The molecule has 1 aliphatic rings. The number of para-hydroxylation sites is 2. The molecule has 4 nitrogen and oxygen atoms in total. The fraction of sp³-hybridized carbons (Fsp3) is 0.562. The first kappa shape index (κ1) is 14.7. The van der Waals surface area contributed by atoms with Crippen LogP contribution < -0.4 is 14.8 Å². The fourth-order valence-corrected chi connectivity index (χ4v) is 2.66. The second kappa shape index (κ2) is 7.17. The minimum atomic E-state index is -0.0605. The highest BCUT2D eigenvalue weighted by Gasteiger charge is 2.22. The van der Waals surface area contributed by atoms with E-state index in [1.165, 1.54) is 19.3 Å². The van der Waals surface area contributed by atoms with Gasteiger partial charge < -0.3 is 14.8 Å². The van der Waals surface area contributed by atoms with Gasteiger partial charge in [0.25, 0.3) is 5.91 Å². The van der Waals surface area contributed by atoms with E-state index in [-0.39, 0.29) is 18.6 Å². The lowest BCUT2D eigenvalue weighted by atomic mass is 9.86. The van der Waals surface area contributed by atoms with Gasteiger partial charge in [0.1, 0.15) is 0 Å². The summed E-state index contributed by atoms with van der Waals surface area (Å²) >= 11 is 0. The van der Waals surface area contributed by atoms with E-state index in [9.17, 15) is 4.79 Å². The third-order valence-corrected chi connectivity index (χ3v) is 3.89. The predicted octanol–water partition coefficient (Wildman–Crippen LogP) is 2.77. The molecule has 2 rings (SSSR count). The van der Waals surface area contributed by atoms with Gasteiger partial charge in [-0.15, -0.1) is 0 Å². The number of carbonyl (C=O) groups is 1. The highest BCUT2D eigenvalue weighted by Crippen LogP contribution is 2.26. The first-order valence-corrected chi connectivity index (χ1v) is 7.26. The summed E-state index contributed by atoms with van der Waals surface area (Å²) < 4.78 is 10.7. The van der Waals surface area contributed by atoms with Crippen LogP contribution in [0.4, 0.5) is 0 Å². The molecule has 0 spiro atoms. The van der Waals surface area contributed by atoms with Crippen molar-refractivity contribution < 1.29 is 14.3 Å². The van der Waals surface area contributed by atoms with Crippen LogP contribution in [0.25, 0.3) is 0 Å². The van der Waals surface area contributed by atoms with Gasteiger partial charge in [-0.3, -0.25) is 4.79 Å². The maximum Gasteiger partial charge on any atom is 0.258 e. The van der Waals surface area contributed by atoms with Crippen molar-refractivity contribution in [1.29, 1.82) is 0 Å². The van der Waals surface area contributed by atoms with Crippen molar-refractivity contribution in [3.05, 3.63) is 24.3 Å². The Hall–Kier alpha value is -1.71. The van der Waals surface area contributed by atoms with E-state index in [2.05, 4.69) is 12.2 Å². The lowest BCUT2D eigenvalue weighted by Gasteiger charge is -2.29. The molecule has 1 saturated carbocycles. The van der Waals surface area contributed by atoms with Crippen LogP contribution >= 0.6 is 0 Å². The Bertz CT molecular complexity index is 447. The van der Waals surface area contributed by atoms with Gasteiger partial charge in [-0.2, -0.15) is 0 Å². The number of carbonyl (C=O) groups excluding carboxylic acids is 1. The van der Waals surface area contributed by atoms with E-state index in [1.807, 2.05) is 18.2 Å². The third-order valence-electron chi connectivity index (χ3n) is 3.89. The number of benzene rings is 1. The lowest BCUT2D eigenvalue weighted by Crippen LogP contribution is -2.43. The molecular weight excluding hydrogens is 254 g/mol. The summed E-state index contributed by atoms with van der Waals surface area (Å²) in [7, 11) is 1.59. The zero-order chi connectivity index (χ0) is 14.4. The van der Waals surface area contributed by atoms with Crippen LogP contribution in [0.5, 0.6) is 11.5 Å². The second-order valence-electron chi connectivity index (χ2n) is 5.38. The van der Waals surface area contributed by atoms with Crippen molar-refractivity contribution >= 4 is 5.91 Å². The Kier molecular flexibility index (Phi) is 5.27. The summed E-state index contributed by atoms with van der Waals surface area (Å²) in [5.41, 5.74) is 0. The van der Waals surface area contributed by atoms with Crippen molar-refractivity contribution in [1.82, 2.24) is 5.32 Å². The number of rotatable bonds is 5. The number of amides is 1. The van der Waals surface area contributed by atoms with E-state index in [0.717, 1.165) is 6.42 Å². The molecule has 0 radical (unpaired) electrons. The summed E-state index contributed by atoms with van der Waals surface area (Å²) in [6.07, 6.45) is 4.73. The molecule has 0 bridgehead atoms.